The summed E-state index contributed by atoms with van der Waals surface area (Å²) in [5.74, 6) is -0.818. The van der Waals surface area contributed by atoms with Crippen molar-refractivity contribution in [3.63, 3.8) is 0 Å². The summed E-state index contributed by atoms with van der Waals surface area (Å²) in [6.07, 6.45) is 0.0745. The van der Waals surface area contributed by atoms with Gasteiger partial charge in [-0.2, -0.15) is 0 Å². The molecule has 0 fully saturated rings. The van der Waals surface area contributed by atoms with Crippen LogP contribution in [0.4, 0.5) is 11.6 Å². The summed E-state index contributed by atoms with van der Waals surface area (Å²) in [6, 6.07) is 0. The number of carbonyl (C=O) groups is 2. The van der Waals surface area contributed by atoms with E-state index in [4.69, 9.17) is 37.9 Å². The van der Waals surface area contributed by atoms with Crippen LogP contribution in [0.3, 0.4) is 0 Å². The molecule has 1 amide bonds. The number of aromatic nitrogens is 2. The maximum absolute atomic E-state index is 13.4. The van der Waals surface area contributed by atoms with Crippen LogP contribution in [0.25, 0.3) is 0 Å². The minimum atomic E-state index is -1.17. The van der Waals surface area contributed by atoms with E-state index in [1.807, 2.05) is 6.92 Å². The van der Waals surface area contributed by atoms with Gasteiger partial charge in [0.05, 0.1) is 98.1 Å². The van der Waals surface area contributed by atoms with Gasteiger partial charge in [0, 0.05) is 53.5 Å². The first kappa shape index (κ1) is 47.4. The monoisotopic (exact) mass is 749 g/mol. The average Bonchev–Trinajstić information content (AvgIpc) is 3.16. The zero-order valence-corrected chi connectivity index (χ0v) is 31.2. The molecule has 1 heterocycles. The molecule has 2 unspecified atom stereocenters. The molecule has 2 atom stereocenters. The first-order chi connectivity index (χ1) is 25.4. The standard InChI is InChI=1S/C34H63N5O13/c1-4-27(41)7-8-29(43)30-32(35-9-5-11-47-17-19-51-23-21-49-15-13-45-2)39-31(34(44)37-25-28(42)26-40)33(38-30)36-10-6-12-48-18-20-52-24-22-50-16-14-46-3/h27-28,40-42H,4-26H2,1-3H3,(H,35,39)(H,36,38)(H,37,44). The second-order valence-corrected chi connectivity index (χ2v) is 11.4. The van der Waals surface area contributed by atoms with E-state index in [0.717, 1.165) is 0 Å². The van der Waals surface area contributed by atoms with Gasteiger partial charge in [-0.15, -0.1) is 0 Å². The molecule has 52 heavy (non-hydrogen) atoms. The number of anilines is 2. The molecule has 0 saturated heterocycles. The highest BCUT2D eigenvalue weighted by atomic mass is 16.6. The topological polar surface area (TPSA) is 231 Å². The summed E-state index contributed by atoms with van der Waals surface area (Å²) >= 11 is 0. The lowest BCUT2D eigenvalue weighted by Crippen LogP contribution is -2.35. The zero-order chi connectivity index (χ0) is 38.1. The summed E-state index contributed by atoms with van der Waals surface area (Å²) in [5, 5.41) is 37.8. The minimum absolute atomic E-state index is 0.0272. The van der Waals surface area contributed by atoms with E-state index in [1.54, 1.807) is 14.2 Å². The van der Waals surface area contributed by atoms with Crippen LogP contribution in [0.2, 0.25) is 0 Å². The number of hydrogen-bond donors (Lipinski definition) is 6. The quantitative estimate of drug-likeness (QED) is 0.0397. The molecule has 0 aromatic carbocycles. The average molecular weight is 750 g/mol. The van der Waals surface area contributed by atoms with E-state index >= 15 is 0 Å². The number of aliphatic hydroxyl groups is 3. The fraction of sp³-hybridized carbons (Fsp3) is 0.824. The highest BCUT2D eigenvalue weighted by Gasteiger charge is 2.24. The first-order valence-corrected chi connectivity index (χ1v) is 18.0. The predicted octanol–water partition coefficient (Wildman–Crippen LogP) is 0.290. The first-order valence-electron chi connectivity index (χ1n) is 18.0. The summed E-state index contributed by atoms with van der Waals surface area (Å²) in [7, 11) is 3.23. The molecule has 1 aromatic heterocycles. The van der Waals surface area contributed by atoms with Crippen molar-refractivity contribution in [1.82, 2.24) is 15.3 Å². The van der Waals surface area contributed by atoms with Crippen LogP contribution in [-0.4, -0.2) is 182 Å². The van der Waals surface area contributed by atoms with Gasteiger partial charge >= 0.3 is 0 Å². The summed E-state index contributed by atoms with van der Waals surface area (Å²) in [4.78, 5) is 35.6. The zero-order valence-electron chi connectivity index (χ0n) is 31.2. The minimum Gasteiger partial charge on any atom is -0.394 e. The Hall–Kier alpha value is -2.62. The van der Waals surface area contributed by atoms with Crippen molar-refractivity contribution in [2.45, 2.75) is 51.2 Å². The fourth-order valence-electron chi connectivity index (χ4n) is 4.14. The summed E-state index contributed by atoms with van der Waals surface area (Å²) in [5.41, 5.74) is -0.0706. The summed E-state index contributed by atoms with van der Waals surface area (Å²) < 4.78 is 42.7. The molecule has 1 aromatic rings. The molecule has 0 aliphatic heterocycles. The third-order valence-electron chi connectivity index (χ3n) is 7.13. The number of amides is 1. The molecule has 0 aliphatic rings. The largest absolute Gasteiger partial charge is 0.394 e. The highest BCUT2D eigenvalue weighted by Crippen LogP contribution is 2.21. The molecule has 302 valence electrons. The second kappa shape index (κ2) is 33.0. The van der Waals surface area contributed by atoms with E-state index in [-0.39, 0.29) is 48.2 Å². The Kier molecular flexibility index (Phi) is 30.1. The van der Waals surface area contributed by atoms with Crippen molar-refractivity contribution in [2.24, 2.45) is 0 Å². The second-order valence-electron chi connectivity index (χ2n) is 11.4. The van der Waals surface area contributed by atoms with Crippen molar-refractivity contribution < 1.29 is 62.8 Å². The Balaban J connectivity index is 2.81. The van der Waals surface area contributed by atoms with Crippen LogP contribution in [0.1, 0.15) is 60.0 Å². The maximum Gasteiger partial charge on any atom is 0.273 e. The molecule has 0 spiro atoms. The van der Waals surface area contributed by atoms with Crippen LogP contribution in [0.5, 0.6) is 0 Å². The van der Waals surface area contributed by atoms with E-state index in [0.29, 0.717) is 125 Å². The van der Waals surface area contributed by atoms with Gasteiger partial charge in [-0.3, -0.25) is 9.59 Å². The lowest BCUT2D eigenvalue weighted by atomic mass is 10.1. The lowest BCUT2D eigenvalue weighted by Gasteiger charge is -2.17. The van der Waals surface area contributed by atoms with Gasteiger partial charge in [-0.1, -0.05) is 6.92 Å². The number of aliphatic hydroxyl groups excluding tert-OH is 3. The van der Waals surface area contributed by atoms with Crippen LogP contribution >= 0.6 is 0 Å². The Morgan fingerprint density at radius 3 is 1.50 bits per heavy atom. The number of ketones is 1. The molecule has 1 rings (SSSR count). The Morgan fingerprint density at radius 2 is 1.06 bits per heavy atom. The molecule has 18 nitrogen and oxygen atoms in total. The SMILES string of the molecule is CCC(O)CCC(=O)c1nc(NCCCOCCOCCOCCOC)c(C(=O)NCC(O)CO)nc1NCCCOCCOCCOCCOC. The van der Waals surface area contributed by atoms with Crippen LogP contribution in [-0.2, 0) is 37.9 Å². The van der Waals surface area contributed by atoms with E-state index in [9.17, 15) is 24.9 Å². The van der Waals surface area contributed by atoms with Crippen molar-refractivity contribution in [1.29, 1.82) is 0 Å². The molecular weight excluding hydrogens is 686 g/mol. The molecule has 18 heteroatoms. The number of nitrogens with zero attached hydrogens (tertiary/aromatic N) is 2. The number of rotatable bonds is 37. The van der Waals surface area contributed by atoms with Gasteiger partial charge in [0.1, 0.15) is 0 Å². The smallest absolute Gasteiger partial charge is 0.273 e. The number of hydrogen-bond acceptors (Lipinski definition) is 17. The molecule has 0 bridgehead atoms. The molecule has 0 aliphatic carbocycles. The van der Waals surface area contributed by atoms with Crippen molar-refractivity contribution in [2.75, 3.05) is 144 Å². The van der Waals surface area contributed by atoms with Crippen LogP contribution in [0.15, 0.2) is 0 Å². The van der Waals surface area contributed by atoms with Gasteiger partial charge in [0.25, 0.3) is 5.91 Å². The number of ether oxygens (including phenoxy) is 8. The molecule has 6 N–H and O–H groups in total. The molecule has 0 radical (unpaired) electrons. The normalized spacial score (nSPS) is 12.5. The van der Waals surface area contributed by atoms with Gasteiger partial charge in [-0.25, -0.2) is 9.97 Å². The Morgan fingerprint density at radius 1 is 0.635 bits per heavy atom. The lowest BCUT2D eigenvalue weighted by molar-refractivity contribution is 0.00367. The highest BCUT2D eigenvalue weighted by molar-refractivity contribution is 6.02. The number of nitrogens with one attached hydrogen (secondary N) is 3. The Bertz CT molecular complexity index is 964. The van der Waals surface area contributed by atoms with Gasteiger partial charge in [-0.05, 0) is 25.7 Å². The van der Waals surface area contributed by atoms with E-state index < -0.39 is 24.7 Å². The number of methoxy groups -OCH3 is 2. The van der Waals surface area contributed by atoms with Crippen molar-refractivity contribution in [3.8, 4) is 0 Å². The number of carbonyl (C=O) groups excluding carboxylic acids is 2. The fourth-order valence-corrected chi connectivity index (χ4v) is 4.14. The van der Waals surface area contributed by atoms with Gasteiger partial charge in [0.2, 0.25) is 0 Å². The third-order valence-corrected chi connectivity index (χ3v) is 7.13. The third kappa shape index (κ3) is 23.8. The van der Waals surface area contributed by atoms with E-state index in [2.05, 4.69) is 25.9 Å². The summed E-state index contributed by atoms with van der Waals surface area (Å²) in [6.45, 7) is 8.15. The van der Waals surface area contributed by atoms with Gasteiger partial charge in [0.15, 0.2) is 28.8 Å². The van der Waals surface area contributed by atoms with Crippen molar-refractivity contribution >= 4 is 23.3 Å². The van der Waals surface area contributed by atoms with Crippen molar-refractivity contribution in [3.05, 3.63) is 11.4 Å². The van der Waals surface area contributed by atoms with Crippen LogP contribution in [0, 0.1) is 0 Å². The predicted molar refractivity (Wildman–Crippen MR) is 192 cm³/mol. The van der Waals surface area contributed by atoms with E-state index in [1.165, 1.54) is 0 Å². The molecular formula is C34H63N5O13. The maximum atomic E-state index is 13.4. The van der Waals surface area contributed by atoms with Gasteiger partial charge < -0.3 is 69.2 Å². The molecule has 0 saturated carbocycles. The Labute approximate surface area is 307 Å². The van der Waals surface area contributed by atoms with Crippen LogP contribution < -0.4 is 16.0 Å². The number of Topliss-reactive ketones (excluding diaryl/α,β-unsaturated/α-hetero) is 1.